The van der Waals surface area contributed by atoms with E-state index < -0.39 is 5.97 Å². The van der Waals surface area contributed by atoms with Crippen LogP contribution in [0.1, 0.15) is 18.1 Å². The molecule has 1 aromatic carbocycles. The molecule has 4 nitrogen and oxygen atoms in total. The topological polar surface area (TPSA) is 64.3 Å². The third-order valence-corrected chi connectivity index (χ3v) is 2.40. The standard InChI is InChI=1S/C14H16N2O2/c1-11(6-14(17)18)9-16(2)10-13-5-3-4-12(7-13)8-15/h3-7H,9-10H2,1-2H3,(H,17,18). The minimum Gasteiger partial charge on any atom is -0.478 e. The van der Waals surface area contributed by atoms with Gasteiger partial charge in [-0.05, 0) is 31.7 Å². The molecule has 0 aliphatic carbocycles. The zero-order valence-corrected chi connectivity index (χ0v) is 10.6. The Morgan fingerprint density at radius 1 is 1.56 bits per heavy atom. The number of benzene rings is 1. The molecule has 0 amide bonds. The van der Waals surface area contributed by atoms with Gasteiger partial charge in [-0.15, -0.1) is 0 Å². The first-order chi connectivity index (χ1) is 8.51. The Morgan fingerprint density at radius 2 is 2.28 bits per heavy atom. The summed E-state index contributed by atoms with van der Waals surface area (Å²) in [6, 6.07) is 9.50. The molecule has 0 bridgehead atoms. The lowest BCUT2D eigenvalue weighted by atomic mass is 10.1. The lowest BCUT2D eigenvalue weighted by Gasteiger charge is -2.16. The van der Waals surface area contributed by atoms with Crippen molar-refractivity contribution in [1.29, 1.82) is 5.26 Å². The Kier molecular flexibility index (Phi) is 5.09. The van der Waals surface area contributed by atoms with Gasteiger partial charge in [-0.1, -0.05) is 17.7 Å². The SMILES string of the molecule is CC(=CC(=O)O)CN(C)Cc1cccc(C#N)c1. The van der Waals surface area contributed by atoms with Gasteiger partial charge in [0.1, 0.15) is 0 Å². The number of hydrogen-bond donors (Lipinski definition) is 1. The molecule has 94 valence electrons. The van der Waals surface area contributed by atoms with Crippen LogP contribution in [0.3, 0.4) is 0 Å². The maximum Gasteiger partial charge on any atom is 0.328 e. The molecule has 0 radical (unpaired) electrons. The maximum absolute atomic E-state index is 10.5. The molecular weight excluding hydrogens is 228 g/mol. The number of rotatable bonds is 5. The first-order valence-electron chi connectivity index (χ1n) is 5.59. The van der Waals surface area contributed by atoms with Gasteiger partial charge in [-0.3, -0.25) is 4.90 Å². The molecule has 1 aromatic rings. The average molecular weight is 244 g/mol. The molecule has 0 spiro atoms. The van der Waals surface area contributed by atoms with Gasteiger partial charge in [0.15, 0.2) is 0 Å². The first kappa shape index (κ1) is 13.9. The second kappa shape index (κ2) is 6.58. The van der Waals surface area contributed by atoms with Crippen LogP contribution in [0.15, 0.2) is 35.9 Å². The summed E-state index contributed by atoms with van der Waals surface area (Å²) in [6.45, 7) is 3.06. The Bertz CT molecular complexity index is 501. The Labute approximate surface area is 107 Å². The average Bonchev–Trinajstić information content (AvgIpc) is 2.27. The van der Waals surface area contributed by atoms with Gasteiger partial charge in [0.25, 0.3) is 0 Å². The predicted octanol–water partition coefficient (Wildman–Crippen LogP) is 2.02. The number of aliphatic carboxylic acids is 1. The van der Waals surface area contributed by atoms with Crippen LogP contribution in [0.2, 0.25) is 0 Å². The zero-order chi connectivity index (χ0) is 13.5. The lowest BCUT2D eigenvalue weighted by Crippen LogP contribution is -2.20. The van der Waals surface area contributed by atoms with E-state index in [1.807, 2.05) is 30.1 Å². The lowest BCUT2D eigenvalue weighted by molar-refractivity contribution is -0.131. The molecule has 0 fully saturated rings. The molecule has 0 heterocycles. The van der Waals surface area contributed by atoms with E-state index in [-0.39, 0.29) is 0 Å². The zero-order valence-electron chi connectivity index (χ0n) is 10.6. The second-order valence-electron chi connectivity index (χ2n) is 4.31. The Morgan fingerprint density at radius 3 is 2.89 bits per heavy atom. The summed E-state index contributed by atoms with van der Waals surface area (Å²) in [4.78, 5) is 12.5. The van der Waals surface area contributed by atoms with Crippen molar-refractivity contribution in [3.05, 3.63) is 47.0 Å². The van der Waals surface area contributed by atoms with Crippen LogP contribution in [0.5, 0.6) is 0 Å². The molecular formula is C14H16N2O2. The van der Waals surface area contributed by atoms with E-state index in [4.69, 9.17) is 10.4 Å². The van der Waals surface area contributed by atoms with Crippen molar-refractivity contribution in [2.45, 2.75) is 13.5 Å². The number of carboxylic acid groups (broad SMARTS) is 1. The van der Waals surface area contributed by atoms with Crippen molar-refractivity contribution in [3.8, 4) is 6.07 Å². The number of carbonyl (C=O) groups is 1. The second-order valence-corrected chi connectivity index (χ2v) is 4.31. The smallest absolute Gasteiger partial charge is 0.328 e. The molecule has 0 aliphatic heterocycles. The van der Waals surface area contributed by atoms with Gasteiger partial charge < -0.3 is 5.11 Å². The fourth-order valence-electron chi connectivity index (χ4n) is 1.79. The van der Waals surface area contributed by atoms with Gasteiger partial charge in [-0.25, -0.2) is 4.79 Å². The highest BCUT2D eigenvalue weighted by Gasteiger charge is 2.03. The number of nitrogens with zero attached hydrogens (tertiary/aromatic N) is 2. The summed E-state index contributed by atoms with van der Waals surface area (Å²) in [7, 11) is 1.91. The van der Waals surface area contributed by atoms with Crippen molar-refractivity contribution in [1.82, 2.24) is 4.90 Å². The van der Waals surface area contributed by atoms with E-state index >= 15 is 0 Å². The monoisotopic (exact) mass is 244 g/mol. The van der Waals surface area contributed by atoms with Crippen LogP contribution in [0.25, 0.3) is 0 Å². The third-order valence-electron chi connectivity index (χ3n) is 2.40. The summed E-state index contributed by atoms with van der Waals surface area (Å²) in [5.74, 6) is -0.924. The van der Waals surface area contributed by atoms with E-state index in [2.05, 4.69) is 6.07 Å². The number of hydrogen-bond acceptors (Lipinski definition) is 3. The van der Waals surface area contributed by atoms with E-state index in [9.17, 15) is 4.79 Å². The molecule has 0 saturated heterocycles. The third kappa shape index (κ3) is 4.81. The van der Waals surface area contributed by atoms with Crippen molar-refractivity contribution in [2.75, 3.05) is 13.6 Å². The van der Waals surface area contributed by atoms with E-state index in [1.54, 1.807) is 13.0 Å². The Hall–Kier alpha value is -2.12. The highest BCUT2D eigenvalue weighted by atomic mass is 16.4. The van der Waals surface area contributed by atoms with Crippen LogP contribution in [0, 0.1) is 11.3 Å². The molecule has 1 N–H and O–H groups in total. The van der Waals surface area contributed by atoms with Gasteiger partial charge in [-0.2, -0.15) is 5.26 Å². The minimum atomic E-state index is -0.924. The minimum absolute atomic E-state index is 0.586. The maximum atomic E-state index is 10.5. The van der Waals surface area contributed by atoms with Crippen molar-refractivity contribution < 1.29 is 9.90 Å². The molecule has 1 rings (SSSR count). The summed E-state index contributed by atoms with van der Waals surface area (Å²) in [5, 5.41) is 17.4. The summed E-state index contributed by atoms with van der Waals surface area (Å²) >= 11 is 0. The molecule has 0 saturated carbocycles. The van der Waals surface area contributed by atoms with Gasteiger partial charge >= 0.3 is 5.97 Å². The summed E-state index contributed by atoms with van der Waals surface area (Å²) < 4.78 is 0. The van der Waals surface area contributed by atoms with Gasteiger partial charge in [0.05, 0.1) is 11.6 Å². The van der Waals surface area contributed by atoms with Crippen LogP contribution in [0.4, 0.5) is 0 Å². The van der Waals surface area contributed by atoms with Gasteiger partial charge in [0, 0.05) is 19.2 Å². The van der Waals surface area contributed by atoms with Crippen LogP contribution < -0.4 is 0 Å². The molecule has 4 heteroatoms. The molecule has 18 heavy (non-hydrogen) atoms. The molecule has 0 unspecified atom stereocenters. The number of carboxylic acids is 1. The Balaban J connectivity index is 2.62. The van der Waals surface area contributed by atoms with E-state index in [0.717, 1.165) is 11.1 Å². The molecule has 0 aliphatic rings. The van der Waals surface area contributed by atoms with E-state index in [0.29, 0.717) is 18.7 Å². The normalized spacial score (nSPS) is 11.3. The first-order valence-corrected chi connectivity index (χ1v) is 5.59. The predicted molar refractivity (Wildman–Crippen MR) is 68.9 cm³/mol. The van der Waals surface area contributed by atoms with Crippen molar-refractivity contribution in [2.24, 2.45) is 0 Å². The van der Waals surface area contributed by atoms with Gasteiger partial charge in [0.2, 0.25) is 0 Å². The van der Waals surface area contributed by atoms with E-state index in [1.165, 1.54) is 6.08 Å². The van der Waals surface area contributed by atoms with Crippen LogP contribution in [-0.4, -0.2) is 29.6 Å². The fourth-order valence-corrected chi connectivity index (χ4v) is 1.79. The fraction of sp³-hybridized carbons (Fsp3) is 0.286. The van der Waals surface area contributed by atoms with Crippen LogP contribution >= 0.6 is 0 Å². The highest BCUT2D eigenvalue weighted by Crippen LogP contribution is 2.08. The number of nitriles is 1. The summed E-state index contributed by atoms with van der Waals surface area (Å²) in [5.41, 5.74) is 2.47. The van der Waals surface area contributed by atoms with Crippen LogP contribution in [-0.2, 0) is 11.3 Å². The largest absolute Gasteiger partial charge is 0.478 e. The highest BCUT2D eigenvalue weighted by molar-refractivity contribution is 5.80. The quantitative estimate of drug-likeness (QED) is 0.805. The molecule has 0 aromatic heterocycles. The van der Waals surface area contributed by atoms with Crippen molar-refractivity contribution in [3.63, 3.8) is 0 Å². The summed E-state index contributed by atoms with van der Waals surface area (Å²) in [6.07, 6.45) is 1.21. The molecule has 0 atom stereocenters. The number of likely N-dealkylation sites (N-methyl/N-ethyl adjacent to an activating group) is 1. The van der Waals surface area contributed by atoms with Crippen molar-refractivity contribution >= 4 is 5.97 Å².